The van der Waals surface area contributed by atoms with Crippen molar-refractivity contribution in [3.05, 3.63) is 89.1 Å². The molecular formula is C27H26N4O4. The molecule has 0 aliphatic carbocycles. The molecule has 0 radical (unpaired) electrons. The van der Waals surface area contributed by atoms with Gasteiger partial charge in [0.05, 0.1) is 23.8 Å². The minimum atomic E-state index is -0.387. The number of amides is 1. The van der Waals surface area contributed by atoms with E-state index in [1.54, 1.807) is 49.4 Å². The molecule has 1 aliphatic heterocycles. The fourth-order valence-corrected chi connectivity index (χ4v) is 3.86. The maximum absolute atomic E-state index is 13.1. The Morgan fingerprint density at radius 3 is 2.51 bits per heavy atom. The number of piperazine rings is 1. The van der Waals surface area contributed by atoms with Crippen molar-refractivity contribution in [2.24, 2.45) is 0 Å². The number of nitrogens with zero attached hydrogens (tertiary/aromatic N) is 4. The van der Waals surface area contributed by atoms with Gasteiger partial charge in [-0.05, 0) is 43.3 Å². The highest BCUT2D eigenvalue weighted by Crippen LogP contribution is 2.20. The average molecular weight is 471 g/mol. The Balaban J connectivity index is 1.34. The Morgan fingerprint density at radius 2 is 1.80 bits per heavy atom. The van der Waals surface area contributed by atoms with E-state index in [2.05, 4.69) is 16.0 Å². The predicted molar refractivity (Wildman–Crippen MR) is 130 cm³/mol. The van der Waals surface area contributed by atoms with Crippen LogP contribution < -0.4 is 9.64 Å². The number of carbonyl (C=O) groups excluding carboxylic acids is 2. The first kappa shape index (κ1) is 23.8. The van der Waals surface area contributed by atoms with Gasteiger partial charge in [-0.25, -0.2) is 9.78 Å². The van der Waals surface area contributed by atoms with E-state index in [0.29, 0.717) is 55.2 Å². The number of hydrogen-bond donors (Lipinski definition) is 0. The molecule has 35 heavy (non-hydrogen) atoms. The summed E-state index contributed by atoms with van der Waals surface area (Å²) in [6.45, 7) is 4.72. The summed E-state index contributed by atoms with van der Waals surface area (Å²) >= 11 is 0. The summed E-state index contributed by atoms with van der Waals surface area (Å²) in [5, 5.41) is 9.24. The van der Waals surface area contributed by atoms with Gasteiger partial charge in [-0.15, -0.1) is 0 Å². The van der Waals surface area contributed by atoms with Crippen LogP contribution in [0.1, 0.15) is 38.8 Å². The predicted octanol–water partition coefficient (Wildman–Crippen LogP) is 3.67. The number of aromatic nitrogens is 1. The lowest BCUT2D eigenvalue weighted by Crippen LogP contribution is -2.49. The highest BCUT2D eigenvalue weighted by molar-refractivity contribution is 5.94. The third kappa shape index (κ3) is 5.76. The molecule has 1 amide bonds. The second-order valence-electron chi connectivity index (χ2n) is 7.99. The zero-order valence-corrected chi connectivity index (χ0v) is 19.5. The van der Waals surface area contributed by atoms with Crippen molar-refractivity contribution in [3.8, 4) is 11.8 Å². The first-order valence-corrected chi connectivity index (χ1v) is 11.5. The molecule has 2 heterocycles. The molecule has 1 aliphatic rings. The van der Waals surface area contributed by atoms with Crippen molar-refractivity contribution in [3.63, 3.8) is 0 Å². The largest absolute Gasteiger partial charge is 0.489 e. The van der Waals surface area contributed by atoms with Gasteiger partial charge >= 0.3 is 5.97 Å². The summed E-state index contributed by atoms with van der Waals surface area (Å²) in [4.78, 5) is 33.2. The van der Waals surface area contributed by atoms with Gasteiger partial charge in [0.1, 0.15) is 18.2 Å². The molecule has 0 bridgehead atoms. The molecule has 0 unspecified atom stereocenters. The van der Waals surface area contributed by atoms with Crippen LogP contribution in [0.3, 0.4) is 0 Å². The molecule has 0 N–H and O–H groups in total. The number of pyridine rings is 1. The SMILES string of the molecule is CCOC(=O)c1ccc(N2CCN(C(=O)c3cccc(OCc4ccccc4C#N)c3)CC2)nc1. The minimum Gasteiger partial charge on any atom is -0.489 e. The monoisotopic (exact) mass is 470 g/mol. The molecule has 8 nitrogen and oxygen atoms in total. The van der Waals surface area contributed by atoms with Gasteiger partial charge in [-0.1, -0.05) is 24.3 Å². The fourth-order valence-electron chi connectivity index (χ4n) is 3.86. The van der Waals surface area contributed by atoms with Crippen molar-refractivity contribution < 1.29 is 19.1 Å². The summed E-state index contributed by atoms with van der Waals surface area (Å²) in [6.07, 6.45) is 1.52. The quantitative estimate of drug-likeness (QED) is 0.486. The first-order valence-electron chi connectivity index (χ1n) is 11.5. The maximum Gasteiger partial charge on any atom is 0.339 e. The van der Waals surface area contributed by atoms with Crippen LogP contribution in [0.5, 0.6) is 5.75 Å². The molecule has 4 rings (SSSR count). The summed E-state index contributed by atoms with van der Waals surface area (Å²) in [5.74, 6) is 0.895. The molecule has 3 aromatic rings. The Labute approximate surface area is 204 Å². The Hall–Kier alpha value is -4.38. The number of anilines is 1. The van der Waals surface area contributed by atoms with Crippen LogP contribution in [-0.2, 0) is 11.3 Å². The topological polar surface area (TPSA) is 95.8 Å². The second kappa shape index (κ2) is 11.2. The molecule has 2 aromatic carbocycles. The van der Waals surface area contributed by atoms with E-state index in [1.807, 2.05) is 23.1 Å². The number of carbonyl (C=O) groups is 2. The number of hydrogen-bond acceptors (Lipinski definition) is 7. The van der Waals surface area contributed by atoms with E-state index in [9.17, 15) is 14.9 Å². The smallest absolute Gasteiger partial charge is 0.339 e. The molecule has 1 aromatic heterocycles. The van der Waals surface area contributed by atoms with Crippen LogP contribution in [0.25, 0.3) is 0 Å². The van der Waals surface area contributed by atoms with E-state index >= 15 is 0 Å². The number of esters is 1. The van der Waals surface area contributed by atoms with Crippen molar-refractivity contribution in [1.29, 1.82) is 5.26 Å². The van der Waals surface area contributed by atoms with Crippen LogP contribution in [-0.4, -0.2) is 54.5 Å². The molecule has 0 atom stereocenters. The minimum absolute atomic E-state index is 0.0573. The van der Waals surface area contributed by atoms with Crippen molar-refractivity contribution in [2.45, 2.75) is 13.5 Å². The average Bonchev–Trinajstić information content (AvgIpc) is 2.92. The highest BCUT2D eigenvalue weighted by Gasteiger charge is 2.23. The van der Waals surface area contributed by atoms with Crippen molar-refractivity contribution in [1.82, 2.24) is 9.88 Å². The fraction of sp³-hybridized carbons (Fsp3) is 0.259. The summed E-state index contributed by atoms with van der Waals surface area (Å²) in [7, 11) is 0. The lowest BCUT2D eigenvalue weighted by molar-refractivity contribution is 0.0525. The van der Waals surface area contributed by atoms with Gasteiger partial charge in [0.25, 0.3) is 5.91 Å². The normalized spacial score (nSPS) is 13.1. The Kier molecular flexibility index (Phi) is 7.58. The lowest BCUT2D eigenvalue weighted by Gasteiger charge is -2.35. The molecule has 1 saturated heterocycles. The molecular weight excluding hydrogens is 444 g/mol. The van der Waals surface area contributed by atoms with E-state index in [1.165, 1.54) is 6.20 Å². The van der Waals surface area contributed by atoms with Crippen LogP contribution in [0.4, 0.5) is 5.82 Å². The summed E-state index contributed by atoms with van der Waals surface area (Å²) in [6, 6.07) is 20.1. The van der Waals surface area contributed by atoms with Crippen LogP contribution in [0.2, 0.25) is 0 Å². The summed E-state index contributed by atoms with van der Waals surface area (Å²) in [5.41, 5.74) is 2.35. The molecule has 178 valence electrons. The van der Waals surface area contributed by atoms with Gasteiger partial charge in [0, 0.05) is 43.5 Å². The van der Waals surface area contributed by atoms with Gasteiger partial charge < -0.3 is 19.3 Å². The van der Waals surface area contributed by atoms with Gasteiger partial charge in [-0.3, -0.25) is 4.79 Å². The molecule has 0 spiro atoms. The van der Waals surface area contributed by atoms with Crippen molar-refractivity contribution in [2.75, 3.05) is 37.7 Å². The molecule has 8 heteroatoms. The van der Waals surface area contributed by atoms with Crippen LogP contribution >= 0.6 is 0 Å². The lowest BCUT2D eigenvalue weighted by atomic mass is 10.1. The molecule has 1 fully saturated rings. The van der Waals surface area contributed by atoms with Gasteiger partial charge in [-0.2, -0.15) is 5.26 Å². The summed E-state index contributed by atoms with van der Waals surface area (Å²) < 4.78 is 10.9. The number of benzene rings is 2. The third-order valence-electron chi connectivity index (χ3n) is 5.76. The van der Waals surface area contributed by atoms with E-state index < -0.39 is 0 Å². The number of rotatable bonds is 7. The first-order chi connectivity index (χ1) is 17.1. The zero-order chi connectivity index (χ0) is 24.6. The zero-order valence-electron chi connectivity index (χ0n) is 19.5. The van der Waals surface area contributed by atoms with E-state index in [-0.39, 0.29) is 18.5 Å². The Bertz CT molecular complexity index is 1230. The van der Waals surface area contributed by atoms with Gasteiger partial charge in [0.15, 0.2) is 0 Å². The van der Waals surface area contributed by atoms with E-state index in [4.69, 9.17) is 9.47 Å². The Morgan fingerprint density at radius 1 is 1.00 bits per heavy atom. The van der Waals surface area contributed by atoms with Gasteiger partial charge in [0.2, 0.25) is 0 Å². The standard InChI is InChI=1S/C27H26N4O4/c1-2-34-27(33)22-10-11-25(29-18-22)30-12-14-31(15-13-30)26(32)20-8-5-9-24(16-20)35-19-23-7-4-3-6-21(23)17-28/h3-11,16,18H,2,12-15,19H2,1H3. The van der Waals surface area contributed by atoms with Crippen LogP contribution in [0.15, 0.2) is 66.9 Å². The highest BCUT2D eigenvalue weighted by atomic mass is 16.5. The number of ether oxygens (including phenoxy) is 2. The molecule has 0 saturated carbocycles. The number of nitriles is 1. The van der Waals surface area contributed by atoms with Crippen LogP contribution in [0, 0.1) is 11.3 Å². The van der Waals surface area contributed by atoms with Crippen molar-refractivity contribution >= 4 is 17.7 Å². The van der Waals surface area contributed by atoms with E-state index in [0.717, 1.165) is 11.4 Å². The maximum atomic E-state index is 13.1. The second-order valence-corrected chi connectivity index (χ2v) is 7.99. The third-order valence-corrected chi connectivity index (χ3v) is 5.76.